The first-order valence-electron chi connectivity index (χ1n) is 6.70. The predicted molar refractivity (Wildman–Crippen MR) is 72.1 cm³/mol. The molecule has 0 aromatic heterocycles. The second-order valence-corrected chi connectivity index (χ2v) is 4.94. The van der Waals surface area contributed by atoms with E-state index in [2.05, 4.69) is 31.1 Å². The van der Waals surface area contributed by atoms with E-state index in [9.17, 15) is 10.5 Å². The molecule has 0 heterocycles. The van der Waals surface area contributed by atoms with Crippen LogP contribution in [0.4, 0.5) is 0 Å². The molecular formula is C16H20N2. The molecule has 1 unspecified atom stereocenters. The van der Waals surface area contributed by atoms with Gasteiger partial charge in [0.1, 0.15) is 0 Å². The normalized spacial score (nSPS) is 19.2. The number of unbranched alkanes of at least 4 members (excludes halogenated alkanes) is 1. The molecule has 94 valence electrons. The van der Waals surface area contributed by atoms with E-state index in [1.807, 2.05) is 0 Å². The highest BCUT2D eigenvalue weighted by Gasteiger charge is 2.38. The molecule has 18 heavy (non-hydrogen) atoms. The minimum atomic E-state index is -1.09. The van der Waals surface area contributed by atoms with E-state index < -0.39 is 5.41 Å². The van der Waals surface area contributed by atoms with Gasteiger partial charge in [0, 0.05) is 6.42 Å². The van der Waals surface area contributed by atoms with Crippen molar-refractivity contribution < 1.29 is 0 Å². The topological polar surface area (TPSA) is 47.6 Å². The fraction of sp³-hybridized carbons (Fsp3) is 0.625. The fourth-order valence-electron chi connectivity index (χ4n) is 2.71. The third-order valence-corrected chi connectivity index (χ3v) is 3.71. The van der Waals surface area contributed by atoms with Gasteiger partial charge in [0.2, 0.25) is 0 Å². The maximum absolute atomic E-state index is 9.39. The van der Waals surface area contributed by atoms with E-state index in [-0.39, 0.29) is 6.42 Å². The van der Waals surface area contributed by atoms with Gasteiger partial charge in [0.25, 0.3) is 0 Å². The van der Waals surface area contributed by atoms with Gasteiger partial charge in [-0.1, -0.05) is 25.8 Å². The van der Waals surface area contributed by atoms with Crippen molar-refractivity contribution in [2.24, 2.45) is 11.3 Å². The molecule has 0 aromatic rings. The van der Waals surface area contributed by atoms with Gasteiger partial charge in [-0.15, -0.1) is 12.3 Å². The minimum absolute atomic E-state index is 0.203. The van der Waals surface area contributed by atoms with E-state index in [1.165, 1.54) is 0 Å². The molecular weight excluding hydrogens is 220 g/mol. The lowest BCUT2D eigenvalue weighted by atomic mass is 9.69. The summed E-state index contributed by atoms with van der Waals surface area (Å²) in [7, 11) is 0. The Balaban J connectivity index is 3.02. The molecule has 1 aliphatic carbocycles. The Morgan fingerprint density at radius 2 is 2.17 bits per heavy atom. The van der Waals surface area contributed by atoms with Crippen LogP contribution in [0.1, 0.15) is 51.9 Å². The average Bonchev–Trinajstić information content (AvgIpc) is 2.43. The van der Waals surface area contributed by atoms with Gasteiger partial charge in [-0.05, 0) is 37.2 Å². The summed E-state index contributed by atoms with van der Waals surface area (Å²) in [5.41, 5.74) is -0.0988. The lowest BCUT2D eigenvalue weighted by Gasteiger charge is -2.31. The first-order valence-corrected chi connectivity index (χ1v) is 6.70. The predicted octanol–water partition coefficient (Wildman–Crippen LogP) is 3.96. The van der Waals surface area contributed by atoms with Gasteiger partial charge >= 0.3 is 0 Å². The molecule has 0 aromatic carbocycles. The second-order valence-electron chi connectivity index (χ2n) is 4.94. The molecule has 1 atom stereocenters. The molecule has 0 radical (unpaired) electrons. The number of terminal acetylenes is 1. The van der Waals surface area contributed by atoms with Crippen molar-refractivity contribution in [3.05, 3.63) is 11.6 Å². The molecule has 1 rings (SSSR count). The second kappa shape index (κ2) is 6.88. The van der Waals surface area contributed by atoms with E-state index >= 15 is 0 Å². The van der Waals surface area contributed by atoms with Crippen LogP contribution < -0.4 is 0 Å². The van der Waals surface area contributed by atoms with Gasteiger partial charge < -0.3 is 0 Å². The first kappa shape index (κ1) is 14.3. The Labute approximate surface area is 110 Å². The highest BCUT2D eigenvalue weighted by atomic mass is 14.4. The van der Waals surface area contributed by atoms with Gasteiger partial charge in [0.05, 0.1) is 12.1 Å². The van der Waals surface area contributed by atoms with E-state index in [1.54, 1.807) is 0 Å². The zero-order valence-corrected chi connectivity index (χ0v) is 11.1. The molecule has 0 amide bonds. The lowest BCUT2D eigenvalue weighted by molar-refractivity contribution is 0.403. The number of hydrogen-bond donors (Lipinski definition) is 0. The summed E-state index contributed by atoms with van der Waals surface area (Å²) < 4.78 is 0. The molecule has 0 N–H and O–H groups in total. The Hall–Kier alpha value is -1.72. The van der Waals surface area contributed by atoms with Crippen LogP contribution in [0.2, 0.25) is 0 Å². The molecule has 0 fully saturated rings. The van der Waals surface area contributed by atoms with Crippen LogP contribution in [-0.4, -0.2) is 0 Å². The van der Waals surface area contributed by atoms with Crippen LogP contribution in [0.15, 0.2) is 11.6 Å². The van der Waals surface area contributed by atoms with E-state index in [0.29, 0.717) is 5.92 Å². The molecule has 0 spiro atoms. The fourth-order valence-corrected chi connectivity index (χ4v) is 2.71. The summed E-state index contributed by atoms with van der Waals surface area (Å²) in [6.45, 7) is 2.16. The van der Waals surface area contributed by atoms with E-state index in [4.69, 9.17) is 6.42 Å². The minimum Gasteiger partial charge on any atom is -0.196 e. The molecule has 0 bridgehead atoms. The lowest BCUT2D eigenvalue weighted by Crippen LogP contribution is -2.26. The summed E-state index contributed by atoms with van der Waals surface area (Å²) in [6, 6.07) is 4.34. The Morgan fingerprint density at radius 3 is 2.72 bits per heavy atom. The summed E-state index contributed by atoms with van der Waals surface area (Å²) >= 11 is 0. The summed E-state index contributed by atoms with van der Waals surface area (Å²) in [6.07, 6.45) is 14.2. The zero-order valence-electron chi connectivity index (χ0n) is 11.1. The van der Waals surface area contributed by atoms with Crippen LogP contribution in [-0.2, 0) is 0 Å². The average molecular weight is 240 g/mol. The number of rotatable bonds is 5. The number of hydrogen-bond acceptors (Lipinski definition) is 2. The quantitative estimate of drug-likeness (QED) is 0.539. The van der Waals surface area contributed by atoms with Crippen LogP contribution >= 0.6 is 0 Å². The summed E-state index contributed by atoms with van der Waals surface area (Å²) in [4.78, 5) is 0. The van der Waals surface area contributed by atoms with Crippen molar-refractivity contribution in [2.75, 3.05) is 0 Å². The maximum atomic E-state index is 9.39. The van der Waals surface area contributed by atoms with Crippen LogP contribution in [0, 0.1) is 46.3 Å². The van der Waals surface area contributed by atoms with Crippen molar-refractivity contribution in [3.63, 3.8) is 0 Å². The molecule has 0 saturated carbocycles. The highest BCUT2D eigenvalue weighted by molar-refractivity contribution is 5.37. The van der Waals surface area contributed by atoms with Gasteiger partial charge in [-0.2, -0.15) is 10.5 Å². The monoisotopic (exact) mass is 240 g/mol. The molecule has 2 nitrogen and oxygen atoms in total. The van der Waals surface area contributed by atoms with Crippen molar-refractivity contribution >= 4 is 0 Å². The Kier molecular flexibility index (Phi) is 5.48. The molecule has 0 saturated heterocycles. The zero-order chi connectivity index (χ0) is 13.4. The SMILES string of the molecule is C#CCC(C#N)(C#N)C1=CCCCC1CCCC. The molecule has 0 aliphatic heterocycles. The standard InChI is InChI=1S/C16H20N2/c1-3-5-8-14-9-6-7-10-15(14)16(12-17,13-18)11-4-2/h2,10,14H,3,5-9,11H2,1H3. The molecule has 2 heteroatoms. The highest BCUT2D eigenvalue weighted by Crippen LogP contribution is 2.42. The Bertz CT molecular complexity index is 411. The largest absolute Gasteiger partial charge is 0.196 e. The number of nitrogens with zero attached hydrogens (tertiary/aromatic N) is 2. The van der Waals surface area contributed by atoms with Crippen LogP contribution in [0.25, 0.3) is 0 Å². The maximum Gasteiger partial charge on any atom is 0.175 e. The van der Waals surface area contributed by atoms with Crippen LogP contribution in [0.3, 0.4) is 0 Å². The van der Waals surface area contributed by atoms with Gasteiger partial charge in [-0.25, -0.2) is 0 Å². The van der Waals surface area contributed by atoms with Gasteiger partial charge in [0.15, 0.2) is 5.41 Å². The van der Waals surface area contributed by atoms with E-state index in [0.717, 1.165) is 44.1 Å². The first-order chi connectivity index (χ1) is 8.74. The number of nitriles is 2. The number of allylic oxidation sites excluding steroid dienone is 2. The van der Waals surface area contributed by atoms with Gasteiger partial charge in [-0.3, -0.25) is 0 Å². The summed E-state index contributed by atoms with van der Waals surface area (Å²) in [5, 5.41) is 18.8. The third-order valence-electron chi connectivity index (χ3n) is 3.71. The van der Waals surface area contributed by atoms with Crippen molar-refractivity contribution in [2.45, 2.75) is 51.9 Å². The summed E-state index contributed by atoms with van der Waals surface area (Å²) in [5.74, 6) is 2.87. The Morgan fingerprint density at radius 1 is 1.44 bits per heavy atom. The van der Waals surface area contributed by atoms with Crippen molar-refractivity contribution in [3.8, 4) is 24.5 Å². The smallest absolute Gasteiger partial charge is 0.175 e. The van der Waals surface area contributed by atoms with Crippen molar-refractivity contribution in [1.29, 1.82) is 10.5 Å². The third kappa shape index (κ3) is 2.94. The van der Waals surface area contributed by atoms with Crippen LogP contribution in [0.5, 0.6) is 0 Å². The molecule has 1 aliphatic rings. The van der Waals surface area contributed by atoms with Crippen molar-refractivity contribution in [1.82, 2.24) is 0 Å².